The molecule has 1 unspecified atom stereocenters. The summed E-state index contributed by atoms with van der Waals surface area (Å²) in [6, 6.07) is 8.57. The second-order valence-electron chi connectivity index (χ2n) is 6.89. The normalized spacial score (nSPS) is 22.0. The van der Waals surface area contributed by atoms with Gasteiger partial charge in [-0.3, -0.25) is 4.79 Å². The predicted octanol–water partition coefficient (Wildman–Crippen LogP) is 3.22. The quantitative estimate of drug-likeness (QED) is 0.725. The van der Waals surface area contributed by atoms with Crippen LogP contribution in [0.1, 0.15) is 22.7 Å². The van der Waals surface area contributed by atoms with Crippen molar-refractivity contribution >= 4 is 15.9 Å². The molecule has 3 atom stereocenters. The van der Waals surface area contributed by atoms with Gasteiger partial charge in [-0.15, -0.1) is 0 Å². The molecule has 0 aliphatic carbocycles. The Balaban J connectivity index is 1.99. The van der Waals surface area contributed by atoms with E-state index < -0.39 is 39.8 Å². The topological polar surface area (TPSA) is 57.5 Å². The highest BCUT2D eigenvalue weighted by Crippen LogP contribution is 2.48. The van der Waals surface area contributed by atoms with Crippen LogP contribution in [0.25, 0.3) is 0 Å². The van der Waals surface area contributed by atoms with Gasteiger partial charge in [-0.25, -0.2) is 8.42 Å². The van der Waals surface area contributed by atoms with Gasteiger partial charge in [-0.1, -0.05) is 29.8 Å². The molecule has 0 N–H and O–H groups in total. The fourth-order valence-electron chi connectivity index (χ4n) is 3.05. The maximum Gasteiger partial charge on any atom is 0.416 e. The number of aryl methyl sites for hydroxylation is 1. The molecule has 1 amide bonds. The van der Waals surface area contributed by atoms with Crippen LogP contribution < -0.4 is 0 Å². The first-order chi connectivity index (χ1) is 12.9. The summed E-state index contributed by atoms with van der Waals surface area (Å²) < 4.78 is 65.5. The van der Waals surface area contributed by atoms with E-state index in [1.54, 1.807) is 12.1 Å². The van der Waals surface area contributed by atoms with Crippen molar-refractivity contribution < 1.29 is 26.4 Å². The molecule has 0 saturated carbocycles. The number of hydrogen-bond donors (Lipinski definition) is 0. The second kappa shape index (κ2) is 6.89. The van der Waals surface area contributed by atoms with Crippen LogP contribution in [0.2, 0.25) is 0 Å². The molecule has 9 heteroatoms. The zero-order valence-electron chi connectivity index (χ0n) is 15.4. The first-order valence-corrected chi connectivity index (χ1v) is 9.87. The highest BCUT2D eigenvalue weighted by atomic mass is 32.2. The van der Waals surface area contributed by atoms with E-state index in [9.17, 15) is 26.4 Å². The maximum atomic E-state index is 13.0. The Morgan fingerprint density at radius 3 is 2.00 bits per heavy atom. The zero-order valence-corrected chi connectivity index (χ0v) is 16.3. The molecule has 1 heterocycles. The van der Waals surface area contributed by atoms with E-state index in [1.807, 2.05) is 6.92 Å². The van der Waals surface area contributed by atoms with E-state index in [0.717, 1.165) is 22.0 Å². The molecule has 0 spiro atoms. The SMILES string of the molecule is Cc1ccc(S(=O)(=O)N2[C@H](C(=O)N(C)C)[C@H]2c2ccc(C(F)(F)F)cc2)cc1. The highest BCUT2D eigenvalue weighted by molar-refractivity contribution is 7.89. The molecule has 1 aliphatic rings. The molecule has 0 aromatic heterocycles. The van der Waals surface area contributed by atoms with Crippen molar-refractivity contribution in [3.05, 3.63) is 65.2 Å². The number of alkyl halides is 3. The van der Waals surface area contributed by atoms with Crippen LogP contribution in [0.15, 0.2) is 53.4 Å². The lowest BCUT2D eigenvalue weighted by molar-refractivity contribution is -0.137. The van der Waals surface area contributed by atoms with Crippen LogP contribution in [-0.4, -0.2) is 43.7 Å². The third-order valence-corrected chi connectivity index (χ3v) is 6.50. The summed E-state index contributed by atoms with van der Waals surface area (Å²) in [6.45, 7) is 1.82. The molecule has 0 radical (unpaired) electrons. The summed E-state index contributed by atoms with van der Waals surface area (Å²) in [4.78, 5) is 13.8. The average Bonchev–Trinajstić information content (AvgIpc) is 3.37. The third-order valence-electron chi connectivity index (χ3n) is 4.63. The molecule has 2 aromatic rings. The molecular weight excluding hydrogens is 393 g/mol. The summed E-state index contributed by atoms with van der Waals surface area (Å²) in [6.07, 6.45) is -4.49. The van der Waals surface area contributed by atoms with Crippen molar-refractivity contribution in [1.82, 2.24) is 9.21 Å². The van der Waals surface area contributed by atoms with Crippen LogP contribution in [0.5, 0.6) is 0 Å². The van der Waals surface area contributed by atoms with Crippen molar-refractivity contribution in [1.29, 1.82) is 0 Å². The molecule has 1 fully saturated rings. The van der Waals surface area contributed by atoms with Crippen LogP contribution in [0.4, 0.5) is 13.2 Å². The van der Waals surface area contributed by atoms with E-state index >= 15 is 0 Å². The maximum absolute atomic E-state index is 13.0. The lowest BCUT2D eigenvalue weighted by Crippen LogP contribution is -2.30. The molecule has 1 saturated heterocycles. The number of nitrogens with zero attached hydrogens (tertiary/aromatic N) is 2. The number of benzene rings is 2. The molecule has 28 heavy (non-hydrogen) atoms. The van der Waals surface area contributed by atoms with Gasteiger partial charge in [0.1, 0.15) is 6.04 Å². The van der Waals surface area contributed by atoms with Crippen molar-refractivity contribution in [2.24, 2.45) is 0 Å². The number of hydrogen-bond acceptors (Lipinski definition) is 3. The third kappa shape index (κ3) is 3.64. The molecular formula is C19H19F3N2O3S. The Morgan fingerprint density at radius 2 is 1.54 bits per heavy atom. The minimum atomic E-state index is -4.49. The molecule has 5 nitrogen and oxygen atoms in total. The first kappa shape index (κ1) is 20.3. The van der Waals surface area contributed by atoms with Gasteiger partial charge in [0.2, 0.25) is 15.9 Å². The summed E-state index contributed by atoms with van der Waals surface area (Å²) in [5, 5.41) is 0. The summed E-state index contributed by atoms with van der Waals surface area (Å²) in [5.41, 5.74) is 0.383. The Kier molecular flexibility index (Phi) is 5.01. The number of sulfonamides is 1. The number of rotatable bonds is 4. The van der Waals surface area contributed by atoms with Crippen molar-refractivity contribution in [3.8, 4) is 0 Å². The van der Waals surface area contributed by atoms with E-state index in [0.29, 0.717) is 5.56 Å². The van der Waals surface area contributed by atoms with Crippen LogP contribution in [0.3, 0.4) is 0 Å². The smallest absolute Gasteiger partial charge is 0.347 e. The minimum Gasteiger partial charge on any atom is -0.347 e. The Labute approximate surface area is 161 Å². The number of amides is 1. The van der Waals surface area contributed by atoms with Crippen LogP contribution >= 0.6 is 0 Å². The van der Waals surface area contributed by atoms with Gasteiger partial charge in [0.15, 0.2) is 0 Å². The van der Waals surface area contributed by atoms with Gasteiger partial charge in [0.25, 0.3) is 0 Å². The molecule has 2 aromatic carbocycles. The summed E-state index contributed by atoms with van der Waals surface area (Å²) in [7, 11) is -0.980. The number of carbonyl (C=O) groups excluding carboxylic acids is 1. The van der Waals surface area contributed by atoms with Gasteiger partial charge < -0.3 is 4.90 Å². The molecule has 150 valence electrons. The summed E-state index contributed by atoms with van der Waals surface area (Å²) in [5.74, 6) is -0.430. The van der Waals surface area contributed by atoms with Crippen molar-refractivity contribution in [2.45, 2.75) is 30.1 Å². The zero-order chi connectivity index (χ0) is 20.9. The Hall–Kier alpha value is -2.39. The van der Waals surface area contributed by atoms with Gasteiger partial charge in [0, 0.05) is 14.1 Å². The monoisotopic (exact) mass is 412 g/mol. The fourth-order valence-corrected chi connectivity index (χ4v) is 4.76. The molecule has 1 aliphatic heterocycles. The van der Waals surface area contributed by atoms with Crippen molar-refractivity contribution in [3.63, 3.8) is 0 Å². The minimum absolute atomic E-state index is 0.0315. The van der Waals surface area contributed by atoms with Crippen LogP contribution in [0, 0.1) is 6.92 Å². The van der Waals surface area contributed by atoms with Gasteiger partial charge in [-0.2, -0.15) is 17.5 Å². The number of halogens is 3. The lowest BCUT2D eigenvalue weighted by atomic mass is 10.1. The van der Waals surface area contributed by atoms with E-state index in [2.05, 4.69) is 0 Å². The Morgan fingerprint density at radius 1 is 1.00 bits per heavy atom. The van der Waals surface area contributed by atoms with Gasteiger partial charge >= 0.3 is 6.18 Å². The molecule has 0 bridgehead atoms. The largest absolute Gasteiger partial charge is 0.416 e. The Bertz CT molecular complexity index is 985. The number of carbonyl (C=O) groups is 1. The fraction of sp³-hybridized carbons (Fsp3) is 0.316. The van der Waals surface area contributed by atoms with Gasteiger partial charge in [-0.05, 0) is 36.8 Å². The van der Waals surface area contributed by atoms with Gasteiger partial charge in [0.05, 0.1) is 16.5 Å². The first-order valence-electron chi connectivity index (χ1n) is 8.43. The average molecular weight is 412 g/mol. The van der Waals surface area contributed by atoms with Crippen LogP contribution in [-0.2, 0) is 21.0 Å². The summed E-state index contributed by atoms with van der Waals surface area (Å²) >= 11 is 0. The molecule has 3 rings (SSSR count). The highest BCUT2D eigenvalue weighted by Gasteiger charge is 2.60. The van der Waals surface area contributed by atoms with E-state index in [-0.39, 0.29) is 4.90 Å². The van der Waals surface area contributed by atoms with E-state index in [1.165, 1.54) is 43.3 Å². The number of likely N-dealkylation sites (N-methyl/N-ethyl adjacent to an activating group) is 1. The van der Waals surface area contributed by atoms with Crippen molar-refractivity contribution in [2.75, 3.05) is 14.1 Å². The standard InChI is InChI=1S/C19H19F3N2O3S/c1-12-4-10-15(11-5-12)28(26,27)24-16(17(24)18(25)23(2)3)13-6-8-14(9-7-13)19(20,21)22/h4-11,16-17H,1-3H3/t16-,17+,24?/m1/s1. The van der Waals surface area contributed by atoms with E-state index in [4.69, 9.17) is 0 Å². The lowest BCUT2D eigenvalue weighted by Gasteiger charge is -2.10. The predicted molar refractivity (Wildman–Crippen MR) is 96.9 cm³/mol. The second-order valence-corrected chi connectivity index (χ2v) is 8.73.